The first-order valence-electron chi connectivity index (χ1n) is 10.7. The Morgan fingerprint density at radius 2 is 1.72 bits per heavy atom. The predicted molar refractivity (Wildman–Crippen MR) is 122 cm³/mol. The second-order valence-corrected chi connectivity index (χ2v) is 8.24. The van der Waals surface area contributed by atoms with Crippen molar-refractivity contribution in [2.24, 2.45) is 5.10 Å². The molecule has 2 aromatic carbocycles. The zero-order chi connectivity index (χ0) is 22.8. The van der Waals surface area contributed by atoms with Gasteiger partial charge in [-0.3, -0.25) is 4.79 Å². The van der Waals surface area contributed by atoms with Gasteiger partial charge in [0.05, 0.1) is 5.71 Å². The fraction of sp³-hybridized carbons (Fsp3) is 0.269. The number of furan rings is 1. The minimum atomic E-state index is -0.537. The summed E-state index contributed by atoms with van der Waals surface area (Å²) in [5, 5.41) is 4.39. The van der Waals surface area contributed by atoms with Crippen LogP contribution in [0.25, 0.3) is 0 Å². The molecule has 1 aromatic heterocycles. The molecule has 6 nitrogen and oxygen atoms in total. The van der Waals surface area contributed by atoms with Gasteiger partial charge < -0.3 is 9.15 Å². The first-order valence-corrected chi connectivity index (χ1v) is 10.7. The molecule has 0 saturated carbocycles. The predicted octanol–water partition coefficient (Wildman–Crippen LogP) is 5.20. The molecular formula is C26H26N2O4. The van der Waals surface area contributed by atoms with Gasteiger partial charge in [-0.05, 0) is 75.4 Å². The van der Waals surface area contributed by atoms with Crippen molar-refractivity contribution in [2.75, 3.05) is 0 Å². The van der Waals surface area contributed by atoms with E-state index in [4.69, 9.17) is 9.15 Å². The van der Waals surface area contributed by atoms with Gasteiger partial charge in [0, 0.05) is 23.1 Å². The summed E-state index contributed by atoms with van der Waals surface area (Å²) in [6, 6.07) is 13.0. The van der Waals surface area contributed by atoms with Crippen molar-refractivity contribution in [3.63, 3.8) is 0 Å². The molecule has 0 bridgehead atoms. The number of rotatable bonds is 4. The van der Waals surface area contributed by atoms with Crippen molar-refractivity contribution in [1.29, 1.82) is 0 Å². The third-order valence-corrected chi connectivity index (χ3v) is 5.60. The van der Waals surface area contributed by atoms with E-state index in [1.165, 1.54) is 0 Å². The zero-order valence-corrected chi connectivity index (χ0v) is 18.7. The number of nitrogens with zero attached hydrogens (tertiary/aromatic N) is 1. The van der Waals surface area contributed by atoms with Crippen molar-refractivity contribution in [3.05, 3.63) is 87.4 Å². The lowest BCUT2D eigenvalue weighted by atomic mass is 9.93. The Balaban J connectivity index is 1.58. The van der Waals surface area contributed by atoms with Gasteiger partial charge in [0.1, 0.15) is 11.5 Å². The molecule has 0 fully saturated rings. The van der Waals surface area contributed by atoms with Gasteiger partial charge in [0.15, 0.2) is 0 Å². The standard InChI is InChI=1S/C26H26N2O4/c1-15-12-16(2)14-19(13-15)31-26(30)24-18(4)23-21(10-7-11-22(23)32-24)27-28-25(29)20-9-6-5-8-17(20)3/h5-6,8-9,12-14H,7,10-11H2,1-4H3,(H,28,29)/b27-21+. The lowest BCUT2D eigenvalue weighted by Gasteiger charge is -2.13. The van der Waals surface area contributed by atoms with Crippen LogP contribution in [-0.4, -0.2) is 17.6 Å². The summed E-state index contributed by atoms with van der Waals surface area (Å²) < 4.78 is 11.5. The highest BCUT2D eigenvalue weighted by Crippen LogP contribution is 2.31. The highest BCUT2D eigenvalue weighted by Gasteiger charge is 2.29. The van der Waals surface area contributed by atoms with Crippen LogP contribution in [-0.2, 0) is 6.42 Å². The van der Waals surface area contributed by atoms with Gasteiger partial charge in [0.2, 0.25) is 5.76 Å². The zero-order valence-electron chi connectivity index (χ0n) is 18.7. The van der Waals surface area contributed by atoms with Crippen molar-refractivity contribution >= 4 is 17.6 Å². The van der Waals surface area contributed by atoms with Crippen molar-refractivity contribution in [2.45, 2.75) is 47.0 Å². The molecule has 1 N–H and O–H groups in total. The van der Waals surface area contributed by atoms with E-state index in [2.05, 4.69) is 10.5 Å². The highest BCUT2D eigenvalue weighted by atomic mass is 16.5. The van der Waals surface area contributed by atoms with E-state index in [0.29, 0.717) is 41.2 Å². The number of carbonyl (C=O) groups excluding carboxylic acids is 2. The summed E-state index contributed by atoms with van der Waals surface area (Å²) in [6.07, 6.45) is 2.22. The Bertz CT molecular complexity index is 1220. The Hall–Kier alpha value is -3.67. The Labute approximate surface area is 187 Å². The van der Waals surface area contributed by atoms with Crippen LogP contribution >= 0.6 is 0 Å². The first-order chi connectivity index (χ1) is 15.3. The molecule has 1 amide bonds. The molecule has 1 heterocycles. The third-order valence-electron chi connectivity index (χ3n) is 5.60. The summed E-state index contributed by atoms with van der Waals surface area (Å²) in [5.74, 6) is 0.558. The maximum atomic E-state index is 12.8. The number of hydrogen-bond acceptors (Lipinski definition) is 5. The molecule has 0 radical (unpaired) electrons. The van der Waals surface area contributed by atoms with Gasteiger partial charge in [0.25, 0.3) is 5.91 Å². The highest BCUT2D eigenvalue weighted by molar-refractivity contribution is 6.07. The van der Waals surface area contributed by atoms with E-state index in [-0.39, 0.29) is 11.7 Å². The van der Waals surface area contributed by atoms with Gasteiger partial charge >= 0.3 is 5.97 Å². The average Bonchev–Trinajstić information content (AvgIpc) is 3.09. The first kappa shape index (κ1) is 21.6. The van der Waals surface area contributed by atoms with E-state index >= 15 is 0 Å². The lowest BCUT2D eigenvalue weighted by molar-refractivity contribution is 0.0698. The minimum absolute atomic E-state index is 0.175. The Morgan fingerprint density at radius 3 is 2.44 bits per heavy atom. The topological polar surface area (TPSA) is 80.9 Å². The second-order valence-electron chi connectivity index (χ2n) is 8.24. The molecule has 1 aliphatic carbocycles. The van der Waals surface area contributed by atoms with Crippen LogP contribution in [0.2, 0.25) is 0 Å². The van der Waals surface area contributed by atoms with Crippen LogP contribution in [0.3, 0.4) is 0 Å². The van der Waals surface area contributed by atoms with Crippen LogP contribution in [0.1, 0.15) is 67.3 Å². The van der Waals surface area contributed by atoms with Crippen molar-refractivity contribution < 1.29 is 18.7 Å². The monoisotopic (exact) mass is 430 g/mol. The number of aryl methyl sites for hydroxylation is 4. The average molecular weight is 431 g/mol. The normalized spacial score (nSPS) is 14.2. The maximum Gasteiger partial charge on any atom is 0.379 e. The smallest absolute Gasteiger partial charge is 0.379 e. The summed E-state index contributed by atoms with van der Waals surface area (Å²) in [4.78, 5) is 25.4. The fourth-order valence-corrected chi connectivity index (χ4v) is 4.13. The number of hydrogen-bond donors (Lipinski definition) is 1. The van der Waals surface area contributed by atoms with Gasteiger partial charge in [-0.15, -0.1) is 0 Å². The third kappa shape index (κ3) is 4.35. The molecule has 0 saturated heterocycles. The fourth-order valence-electron chi connectivity index (χ4n) is 4.13. The van der Waals surface area contributed by atoms with Crippen molar-refractivity contribution in [3.8, 4) is 5.75 Å². The maximum absolute atomic E-state index is 12.8. The van der Waals surface area contributed by atoms with E-state index in [9.17, 15) is 9.59 Å². The summed E-state index contributed by atoms with van der Waals surface area (Å²) in [6.45, 7) is 7.61. The van der Waals surface area contributed by atoms with Crippen LogP contribution < -0.4 is 10.2 Å². The molecule has 32 heavy (non-hydrogen) atoms. The lowest BCUT2D eigenvalue weighted by Crippen LogP contribution is -2.22. The molecule has 4 rings (SSSR count). The van der Waals surface area contributed by atoms with Crippen LogP contribution in [0.4, 0.5) is 0 Å². The molecule has 0 atom stereocenters. The van der Waals surface area contributed by atoms with E-state index in [1.807, 2.05) is 64.1 Å². The molecule has 6 heteroatoms. The molecule has 164 valence electrons. The summed E-state index contributed by atoms with van der Waals surface area (Å²) in [5.41, 5.74) is 8.32. The number of nitrogens with one attached hydrogen (secondary N) is 1. The molecule has 1 aliphatic rings. The van der Waals surface area contributed by atoms with E-state index in [0.717, 1.165) is 28.7 Å². The molecule has 3 aromatic rings. The molecule has 0 spiro atoms. The quantitative estimate of drug-likeness (QED) is 0.350. The molecule has 0 unspecified atom stereocenters. The van der Waals surface area contributed by atoms with Gasteiger partial charge in [-0.25, -0.2) is 10.2 Å². The number of ether oxygens (including phenoxy) is 1. The van der Waals surface area contributed by atoms with Crippen molar-refractivity contribution in [1.82, 2.24) is 5.43 Å². The Kier molecular flexibility index (Phi) is 5.95. The number of carbonyl (C=O) groups is 2. The van der Waals surface area contributed by atoms with Gasteiger partial charge in [-0.2, -0.15) is 5.10 Å². The SMILES string of the molecule is Cc1cc(C)cc(OC(=O)c2oc3c(c2C)/C(=N/NC(=O)c2ccccc2C)CCC3)c1. The number of hydrazone groups is 1. The number of benzene rings is 2. The summed E-state index contributed by atoms with van der Waals surface area (Å²) >= 11 is 0. The number of esters is 1. The summed E-state index contributed by atoms with van der Waals surface area (Å²) in [7, 11) is 0. The van der Waals surface area contributed by atoms with E-state index < -0.39 is 5.97 Å². The largest absolute Gasteiger partial charge is 0.453 e. The second kappa shape index (κ2) is 8.83. The number of fused-ring (bicyclic) bond motifs is 1. The molecular weight excluding hydrogens is 404 g/mol. The van der Waals surface area contributed by atoms with Crippen LogP contribution in [0, 0.1) is 27.7 Å². The van der Waals surface area contributed by atoms with Gasteiger partial charge in [-0.1, -0.05) is 24.3 Å². The number of amides is 1. The minimum Gasteiger partial charge on any atom is -0.453 e. The van der Waals surface area contributed by atoms with Crippen LogP contribution in [0.5, 0.6) is 5.75 Å². The van der Waals surface area contributed by atoms with Crippen LogP contribution in [0.15, 0.2) is 52.0 Å². The Morgan fingerprint density at radius 1 is 1.00 bits per heavy atom. The molecule has 0 aliphatic heterocycles. The van der Waals surface area contributed by atoms with E-state index in [1.54, 1.807) is 6.07 Å².